The van der Waals surface area contributed by atoms with E-state index in [4.69, 9.17) is 4.74 Å². The van der Waals surface area contributed by atoms with Gasteiger partial charge in [0, 0.05) is 17.8 Å². The highest BCUT2D eigenvalue weighted by molar-refractivity contribution is 7.14. The summed E-state index contributed by atoms with van der Waals surface area (Å²) in [6.45, 7) is 6.38. The van der Waals surface area contributed by atoms with E-state index in [1.807, 2.05) is 13.0 Å². The van der Waals surface area contributed by atoms with E-state index in [0.717, 1.165) is 10.4 Å². The quantitative estimate of drug-likeness (QED) is 0.482. The van der Waals surface area contributed by atoms with E-state index >= 15 is 0 Å². The van der Waals surface area contributed by atoms with Crippen LogP contribution in [0.1, 0.15) is 58.3 Å². The molecule has 0 saturated heterocycles. The van der Waals surface area contributed by atoms with Gasteiger partial charge in [-0.15, -0.1) is 11.3 Å². The number of carbonyl (C=O) groups excluding carboxylic acids is 3. The summed E-state index contributed by atoms with van der Waals surface area (Å²) >= 11 is 1.41. The van der Waals surface area contributed by atoms with Gasteiger partial charge in [-0.25, -0.2) is 0 Å². The number of carbonyl (C=O) groups is 3. The molecule has 28 heavy (non-hydrogen) atoms. The Morgan fingerprint density at radius 2 is 1.75 bits per heavy atom. The van der Waals surface area contributed by atoms with Crippen LogP contribution in [0.2, 0.25) is 0 Å². The molecule has 0 atom stereocenters. The van der Waals surface area contributed by atoms with Crippen molar-refractivity contribution in [3.05, 3.63) is 57.3 Å². The lowest BCUT2D eigenvalue weighted by Gasteiger charge is -2.08. The number of rotatable bonds is 10. The van der Waals surface area contributed by atoms with E-state index in [2.05, 4.69) is 43.4 Å². The molecule has 0 aliphatic rings. The van der Waals surface area contributed by atoms with Crippen LogP contribution in [0.5, 0.6) is 0 Å². The van der Waals surface area contributed by atoms with Gasteiger partial charge in [-0.2, -0.15) is 0 Å². The van der Waals surface area contributed by atoms with Gasteiger partial charge >= 0.3 is 5.97 Å². The molecule has 5 nitrogen and oxygen atoms in total. The Labute approximate surface area is 170 Å². The molecule has 150 valence electrons. The van der Waals surface area contributed by atoms with Crippen molar-refractivity contribution >= 4 is 29.0 Å². The average Bonchev–Trinajstić information content (AvgIpc) is 3.11. The highest BCUT2D eigenvalue weighted by Crippen LogP contribution is 2.17. The fourth-order valence-electron chi connectivity index (χ4n) is 2.61. The predicted octanol–water partition coefficient (Wildman–Crippen LogP) is 4.04. The maximum Gasteiger partial charge on any atom is 0.306 e. The number of nitrogens with one attached hydrogen (secondary N) is 1. The number of aryl methyl sites for hydroxylation is 1. The summed E-state index contributed by atoms with van der Waals surface area (Å²) in [4.78, 5) is 37.2. The molecule has 0 spiro atoms. The zero-order valence-corrected chi connectivity index (χ0v) is 17.4. The molecule has 1 aromatic heterocycles. The fraction of sp³-hybridized carbons (Fsp3) is 0.409. The van der Waals surface area contributed by atoms with Crippen LogP contribution in [0.15, 0.2) is 36.4 Å². The van der Waals surface area contributed by atoms with Crippen LogP contribution >= 0.6 is 11.3 Å². The lowest BCUT2D eigenvalue weighted by molar-refractivity contribution is -0.148. The van der Waals surface area contributed by atoms with Crippen LogP contribution < -0.4 is 5.32 Å². The molecule has 0 saturated carbocycles. The Kier molecular flexibility index (Phi) is 8.39. The monoisotopic (exact) mass is 401 g/mol. The first-order chi connectivity index (χ1) is 13.3. The topological polar surface area (TPSA) is 72.5 Å². The van der Waals surface area contributed by atoms with E-state index in [9.17, 15) is 14.4 Å². The first kappa shape index (κ1) is 21.8. The lowest BCUT2D eigenvalue weighted by Crippen LogP contribution is -2.30. The van der Waals surface area contributed by atoms with Gasteiger partial charge in [0.2, 0.25) is 0 Å². The van der Waals surface area contributed by atoms with Crippen molar-refractivity contribution in [2.24, 2.45) is 0 Å². The summed E-state index contributed by atoms with van der Waals surface area (Å²) in [7, 11) is 0. The number of benzene rings is 1. The van der Waals surface area contributed by atoms with Crippen LogP contribution in [-0.2, 0) is 20.7 Å². The standard InChI is InChI=1S/C22H27NO4S/c1-15(2)18-7-5-17(6-8-18)12-13-23-21(25)14-27-22(26)11-9-19(24)20-10-4-16(3)28-20/h4-8,10,15H,9,11-14H2,1-3H3,(H,23,25). The number of Topliss-reactive ketones (excluding diaryl/α,β-unsaturated/α-hetero) is 1. The summed E-state index contributed by atoms with van der Waals surface area (Å²) < 4.78 is 4.94. The molecular weight excluding hydrogens is 374 g/mol. The molecule has 0 aliphatic heterocycles. The number of hydrogen-bond acceptors (Lipinski definition) is 5. The molecule has 0 bridgehead atoms. The van der Waals surface area contributed by atoms with E-state index in [0.29, 0.717) is 23.8 Å². The lowest BCUT2D eigenvalue weighted by atomic mass is 10.0. The normalized spacial score (nSPS) is 10.7. The Morgan fingerprint density at radius 3 is 2.36 bits per heavy atom. The van der Waals surface area contributed by atoms with E-state index in [1.54, 1.807) is 6.07 Å². The Bertz CT molecular complexity index is 808. The van der Waals surface area contributed by atoms with Crippen LogP contribution in [0.25, 0.3) is 0 Å². The van der Waals surface area contributed by atoms with Crippen molar-refractivity contribution in [2.75, 3.05) is 13.2 Å². The zero-order chi connectivity index (χ0) is 20.5. The molecule has 2 aromatic rings. The molecule has 0 aliphatic carbocycles. The summed E-state index contributed by atoms with van der Waals surface area (Å²) in [6.07, 6.45) is 0.783. The van der Waals surface area contributed by atoms with Crippen molar-refractivity contribution in [2.45, 2.75) is 46.0 Å². The van der Waals surface area contributed by atoms with Gasteiger partial charge < -0.3 is 10.1 Å². The smallest absolute Gasteiger partial charge is 0.306 e. The number of amides is 1. The summed E-state index contributed by atoms with van der Waals surface area (Å²) in [6, 6.07) is 12.0. The third-order valence-corrected chi connectivity index (χ3v) is 5.36. The first-order valence-electron chi connectivity index (χ1n) is 9.46. The molecule has 0 radical (unpaired) electrons. The minimum Gasteiger partial charge on any atom is -0.456 e. The summed E-state index contributed by atoms with van der Waals surface area (Å²) in [5, 5.41) is 2.74. The van der Waals surface area contributed by atoms with E-state index < -0.39 is 5.97 Å². The highest BCUT2D eigenvalue weighted by atomic mass is 32.1. The van der Waals surface area contributed by atoms with Gasteiger partial charge in [-0.05, 0) is 42.5 Å². The van der Waals surface area contributed by atoms with Crippen molar-refractivity contribution in [3.8, 4) is 0 Å². The zero-order valence-electron chi connectivity index (χ0n) is 16.6. The van der Waals surface area contributed by atoms with Gasteiger partial charge in [-0.1, -0.05) is 38.1 Å². The van der Waals surface area contributed by atoms with Crippen LogP contribution in [0.4, 0.5) is 0 Å². The average molecular weight is 402 g/mol. The molecule has 0 fully saturated rings. The van der Waals surface area contributed by atoms with Crippen molar-refractivity contribution in [3.63, 3.8) is 0 Å². The molecule has 6 heteroatoms. The number of ether oxygens (including phenoxy) is 1. The van der Waals surface area contributed by atoms with E-state index in [1.165, 1.54) is 16.9 Å². The Balaban J connectivity index is 1.61. The number of thiophene rings is 1. The van der Waals surface area contributed by atoms with Gasteiger partial charge in [0.05, 0.1) is 11.3 Å². The maximum absolute atomic E-state index is 12.0. The minimum atomic E-state index is -0.541. The maximum atomic E-state index is 12.0. The second-order valence-corrected chi connectivity index (χ2v) is 8.28. The molecule has 0 unspecified atom stereocenters. The second-order valence-electron chi connectivity index (χ2n) is 6.99. The third-order valence-electron chi connectivity index (χ3n) is 4.32. The van der Waals surface area contributed by atoms with Crippen LogP contribution in [0.3, 0.4) is 0 Å². The molecule has 1 N–H and O–H groups in total. The number of esters is 1. The predicted molar refractivity (Wildman–Crippen MR) is 111 cm³/mol. The van der Waals surface area contributed by atoms with Gasteiger partial charge in [0.25, 0.3) is 5.91 Å². The Morgan fingerprint density at radius 1 is 1.04 bits per heavy atom. The fourth-order valence-corrected chi connectivity index (χ4v) is 3.44. The van der Waals surface area contributed by atoms with Crippen molar-refractivity contribution in [1.82, 2.24) is 5.32 Å². The molecule has 1 aromatic carbocycles. The van der Waals surface area contributed by atoms with E-state index in [-0.39, 0.29) is 31.1 Å². The minimum absolute atomic E-state index is 0.0226. The number of hydrogen-bond donors (Lipinski definition) is 1. The van der Waals surface area contributed by atoms with Gasteiger partial charge in [-0.3, -0.25) is 14.4 Å². The number of ketones is 1. The van der Waals surface area contributed by atoms with Crippen LogP contribution in [0, 0.1) is 6.92 Å². The molecule has 1 heterocycles. The summed E-state index contributed by atoms with van der Waals surface area (Å²) in [5.41, 5.74) is 2.43. The molecule has 1 amide bonds. The van der Waals surface area contributed by atoms with Crippen molar-refractivity contribution < 1.29 is 19.1 Å². The second kappa shape index (κ2) is 10.8. The molecular formula is C22H27NO4S. The third kappa shape index (κ3) is 7.27. The SMILES string of the molecule is Cc1ccc(C(=O)CCC(=O)OCC(=O)NCCc2ccc(C(C)C)cc2)s1. The van der Waals surface area contributed by atoms with Crippen LogP contribution in [-0.4, -0.2) is 30.8 Å². The van der Waals surface area contributed by atoms with Gasteiger partial charge in [0.15, 0.2) is 12.4 Å². The highest BCUT2D eigenvalue weighted by Gasteiger charge is 2.13. The Hall–Kier alpha value is -2.47. The largest absolute Gasteiger partial charge is 0.456 e. The van der Waals surface area contributed by atoms with Gasteiger partial charge in [0.1, 0.15) is 0 Å². The summed E-state index contributed by atoms with van der Waals surface area (Å²) in [5.74, 6) is -0.468. The molecule has 2 rings (SSSR count). The first-order valence-corrected chi connectivity index (χ1v) is 10.3. The van der Waals surface area contributed by atoms with Crippen molar-refractivity contribution in [1.29, 1.82) is 0 Å².